The van der Waals surface area contributed by atoms with Gasteiger partial charge in [-0.25, -0.2) is 0 Å². The topological polar surface area (TPSA) is 9.23 Å². The molecule has 0 saturated carbocycles. The van der Waals surface area contributed by atoms with E-state index in [1.807, 2.05) is 0 Å². The monoisotopic (exact) mass is 145 g/mol. The Kier molecular flexibility index (Phi) is 2.47. The molecule has 55 valence electrons. The quantitative estimate of drug-likeness (QED) is 0.516. The summed E-state index contributed by atoms with van der Waals surface area (Å²) in [5, 5.41) is 0.300. The Morgan fingerprint density at radius 2 is 1.56 bits per heavy atom. The van der Waals surface area contributed by atoms with Crippen molar-refractivity contribution < 1.29 is 4.43 Å². The predicted octanol–water partition coefficient (Wildman–Crippen LogP) is 2.80. The van der Waals surface area contributed by atoms with Crippen molar-refractivity contribution in [2.24, 2.45) is 0 Å². The van der Waals surface area contributed by atoms with Gasteiger partial charge in [0.2, 0.25) is 0 Å². The minimum Gasteiger partial charge on any atom is -0.415 e. The minimum atomic E-state index is -1.49. The molecule has 0 unspecified atom stereocenters. The van der Waals surface area contributed by atoms with Gasteiger partial charge in [0.05, 0.1) is 7.11 Å². The van der Waals surface area contributed by atoms with E-state index < -0.39 is 8.32 Å². The van der Waals surface area contributed by atoms with Crippen molar-refractivity contribution >= 4 is 8.32 Å². The van der Waals surface area contributed by atoms with Crippen molar-refractivity contribution in [1.29, 1.82) is 0 Å². The molecule has 0 aliphatic heterocycles. The fraction of sp³-hybridized carbons (Fsp3) is 0.857. The van der Waals surface area contributed by atoms with Gasteiger partial charge >= 0.3 is 0 Å². The van der Waals surface area contributed by atoms with E-state index in [1.54, 1.807) is 0 Å². The predicted molar refractivity (Wildman–Crippen MR) is 43.6 cm³/mol. The van der Waals surface area contributed by atoms with Gasteiger partial charge in [0.15, 0.2) is 8.32 Å². The molecule has 0 aromatic carbocycles. The average molecular weight is 145 g/mol. The van der Waals surface area contributed by atoms with Gasteiger partial charge in [-0.05, 0) is 18.1 Å². The normalized spacial score (nSPS) is 14.0. The van der Waals surface area contributed by atoms with Crippen molar-refractivity contribution in [3.8, 4) is 0 Å². The van der Waals surface area contributed by atoms with Gasteiger partial charge in [0.25, 0.3) is 0 Å². The molecule has 2 heteroatoms. The number of rotatable bonds is 1. The van der Waals surface area contributed by atoms with E-state index in [9.17, 15) is 0 Å². The summed E-state index contributed by atoms with van der Waals surface area (Å²) >= 11 is 0. The highest BCUT2D eigenvalue weighted by atomic mass is 28.4. The first-order valence-corrected chi connectivity index (χ1v) is 6.15. The first-order valence-electron chi connectivity index (χ1n) is 3.24. The van der Waals surface area contributed by atoms with E-state index in [2.05, 4.69) is 41.0 Å². The zero-order chi connectivity index (χ0) is 7.71. The van der Waals surface area contributed by atoms with Crippen LogP contribution in [0, 0.1) is 7.11 Å². The minimum absolute atomic E-state index is 0.300. The third kappa shape index (κ3) is 2.10. The molecule has 0 amide bonds. The van der Waals surface area contributed by atoms with Crippen LogP contribution in [0.25, 0.3) is 0 Å². The molecule has 0 heterocycles. The maximum Gasteiger partial charge on any atom is 0.192 e. The molecule has 1 nitrogen and oxygen atoms in total. The molecule has 0 saturated heterocycles. The van der Waals surface area contributed by atoms with Gasteiger partial charge in [-0.3, -0.25) is 0 Å². The van der Waals surface area contributed by atoms with E-state index in [1.165, 1.54) is 0 Å². The Labute approximate surface area is 59.5 Å². The zero-order valence-corrected chi connectivity index (χ0v) is 8.12. The standard InChI is InChI=1S/C7H17OSi/c1-7(2,3)9(5,6)8-4/h4H2,1-3,5-6H3. The molecule has 0 N–H and O–H groups in total. The summed E-state index contributed by atoms with van der Waals surface area (Å²) in [6, 6.07) is 0. The number of hydrogen-bond donors (Lipinski definition) is 0. The highest BCUT2D eigenvalue weighted by molar-refractivity contribution is 6.74. The molecule has 0 fully saturated rings. The first kappa shape index (κ1) is 9.18. The molecular weight excluding hydrogens is 128 g/mol. The molecule has 0 aliphatic carbocycles. The van der Waals surface area contributed by atoms with Crippen LogP contribution in [0.5, 0.6) is 0 Å². The van der Waals surface area contributed by atoms with E-state index in [0.29, 0.717) is 5.04 Å². The average Bonchev–Trinajstić information content (AvgIpc) is 1.64. The van der Waals surface area contributed by atoms with Crippen LogP contribution < -0.4 is 0 Å². The maximum absolute atomic E-state index is 5.19. The molecule has 0 rings (SSSR count). The number of hydrogen-bond acceptors (Lipinski definition) is 1. The molecule has 1 radical (unpaired) electrons. The lowest BCUT2D eigenvalue weighted by Crippen LogP contribution is -2.38. The molecule has 0 aliphatic rings. The Morgan fingerprint density at radius 1 is 1.22 bits per heavy atom. The third-order valence-electron chi connectivity index (χ3n) is 2.17. The first-order chi connectivity index (χ1) is 3.81. The molecule has 0 aromatic heterocycles. The van der Waals surface area contributed by atoms with Gasteiger partial charge in [-0.15, -0.1) is 0 Å². The van der Waals surface area contributed by atoms with Crippen LogP contribution in [-0.4, -0.2) is 8.32 Å². The van der Waals surface area contributed by atoms with Crippen LogP contribution in [0.3, 0.4) is 0 Å². The highest BCUT2D eigenvalue weighted by Crippen LogP contribution is 2.35. The van der Waals surface area contributed by atoms with E-state index >= 15 is 0 Å². The zero-order valence-electron chi connectivity index (χ0n) is 7.12. The second kappa shape index (κ2) is 2.43. The smallest absolute Gasteiger partial charge is 0.192 e. The highest BCUT2D eigenvalue weighted by Gasteiger charge is 2.35. The van der Waals surface area contributed by atoms with Crippen LogP contribution >= 0.6 is 0 Å². The van der Waals surface area contributed by atoms with E-state index in [-0.39, 0.29) is 0 Å². The Bertz CT molecular complexity index is 91.6. The summed E-state index contributed by atoms with van der Waals surface area (Å²) in [6.45, 7) is 11.0. The summed E-state index contributed by atoms with van der Waals surface area (Å²) in [4.78, 5) is 0. The summed E-state index contributed by atoms with van der Waals surface area (Å²) in [6.07, 6.45) is 0. The van der Waals surface area contributed by atoms with Crippen LogP contribution in [-0.2, 0) is 4.43 Å². The summed E-state index contributed by atoms with van der Waals surface area (Å²) in [5.41, 5.74) is 0. The van der Waals surface area contributed by atoms with Crippen molar-refractivity contribution in [2.75, 3.05) is 0 Å². The Balaban J connectivity index is 4.14. The summed E-state index contributed by atoms with van der Waals surface area (Å²) in [7, 11) is 2.00. The van der Waals surface area contributed by atoms with Crippen LogP contribution in [0.4, 0.5) is 0 Å². The molecule has 0 bridgehead atoms. The molecular formula is C7H17OSi. The summed E-state index contributed by atoms with van der Waals surface area (Å²) < 4.78 is 5.19. The Hall–Kier alpha value is 0.177. The van der Waals surface area contributed by atoms with Gasteiger partial charge in [0, 0.05) is 0 Å². The fourth-order valence-corrected chi connectivity index (χ4v) is 0.650. The lowest BCUT2D eigenvalue weighted by atomic mass is 10.2. The van der Waals surface area contributed by atoms with Crippen molar-refractivity contribution in [3.05, 3.63) is 7.11 Å². The van der Waals surface area contributed by atoms with Crippen LogP contribution in [0.15, 0.2) is 0 Å². The van der Waals surface area contributed by atoms with Gasteiger partial charge in [-0.1, -0.05) is 20.8 Å². The van der Waals surface area contributed by atoms with Crippen molar-refractivity contribution in [1.82, 2.24) is 0 Å². The van der Waals surface area contributed by atoms with Gasteiger partial charge in [-0.2, -0.15) is 0 Å². The lowest BCUT2D eigenvalue weighted by Gasteiger charge is -2.34. The van der Waals surface area contributed by atoms with Crippen molar-refractivity contribution in [3.63, 3.8) is 0 Å². The van der Waals surface area contributed by atoms with Crippen LogP contribution in [0.2, 0.25) is 18.1 Å². The molecule has 9 heavy (non-hydrogen) atoms. The van der Waals surface area contributed by atoms with Gasteiger partial charge in [0.1, 0.15) is 0 Å². The molecule has 0 spiro atoms. The molecule has 0 aromatic rings. The second-order valence-electron chi connectivity index (χ2n) is 3.90. The summed E-state index contributed by atoms with van der Waals surface area (Å²) in [5.74, 6) is 0. The van der Waals surface area contributed by atoms with Crippen LogP contribution in [0.1, 0.15) is 20.8 Å². The third-order valence-corrected chi connectivity index (χ3v) is 6.50. The lowest BCUT2D eigenvalue weighted by molar-refractivity contribution is 0.423. The van der Waals surface area contributed by atoms with E-state index in [4.69, 9.17) is 4.43 Å². The van der Waals surface area contributed by atoms with E-state index in [0.717, 1.165) is 0 Å². The SMILES string of the molecule is [CH2]O[Si](C)(C)C(C)(C)C. The maximum atomic E-state index is 5.19. The van der Waals surface area contributed by atoms with Gasteiger partial charge < -0.3 is 4.43 Å². The van der Waals surface area contributed by atoms with Crippen molar-refractivity contribution in [2.45, 2.75) is 38.9 Å². The largest absolute Gasteiger partial charge is 0.415 e. The fourth-order valence-electron chi connectivity index (χ4n) is 0.217. The second-order valence-corrected chi connectivity index (χ2v) is 8.71. The Morgan fingerprint density at radius 3 is 1.56 bits per heavy atom. The molecule has 0 atom stereocenters.